The molecule has 0 aliphatic carbocycles. The predicted octanol–water partition coefficient (Wildman–Crippen LogP) is 2.87. The molecule has 3 aromatic rings. The first kappa shape index (κ1) is 14.9. The van der Waals surface area contributed by atoms with Crippen LogP contribution in [0.4, 0.5) is 5.69 Å². The van der Waals surface area contributed by atoms with E-state index in [0.29, 0.717) is 10.7 Å². The normalized spacial score (nSPS) is 11.0. The second kappa shape index (κ2) is 6.02. The number of thiophene rings is 1. The molecule has 0 unspecified atom stereocenters. The lowest BCUT2D eigenvalue weighted by Gasteiger charge is -2.08. The third-order valence-electron chi connectivity index (χ3n) is 3.36. The van der Waals surface area contributed by atoms with Crippen LogP contribution in [-0.2, 0) is 17.6 Å². The minimum Gasteiger partial charge on any atom is -0.320 e. The van der Waals surface area contributed by atoms with Crippen LogP contribution in [0.3, 0.4) is 0 Å². The quantitative estimate of drug-likeness (QED) is 0.798. The van der Waals surface area contributed by atoms with Crippen molar-refractivity contribution in [3.63, 3.8) is 0 Å². The fourth-order valence-electron chi connectivity index (χ4n) is 2.25. The molecule has 0 saturated carbocycles. The van der Waals surface area contributed by atoms with Gasteiger partial charge in [0.15, 0.2) is 4.96 Å². The van der Waals surface area contributed by atoms with Crippen molar-refractivity contribution in [3.8, 4) is 0 Å². The molecule has 22 heavy (non-hydrogen) atoms. The van der Waals surface area contributed by atoms with Gasteiger partial charge in [-0.3, -0.25) is 14.0 Å². The van der Waals surface area contributed by atoms with Gasteiger partial charge in [-0.1, -0.05) is 13.0 Å². The number of aryl methyl sites for hydroxylation is 2. The molecular formula is C15H15N3O2S2. The lowest BCUT2D eigenvalue weighted by atomic mass is 10.3. The molecule has 0 saturated heterocycles. The Kier molecular flexibility index (Phi) is 4.08. The van der Waals surface area contributed by atoms with Crippen LogP contribution in [0.15, 0.2) is 27.7 Å². The Morgan fingerprint density at radius 2 is 2.23 bits per heavy atom. The number of amides is 1. The SMILES string of the molecule is CCc1csc2nc(C)c(NC(=O)Cc3cccs3)c(=O)n12. The summed E-state index contributed by atoms with van der Waals surface area (Å²) in [6.07, 6.45) is 1.01. The largest absolute Gasteiger partial charge is 0.320 e. The molecule has 0 aliphatic rings. The van der Waals surface area contributed by atoms with Gasteiger partial charge < -0.3 is 5.32 Å². The molecular weight excluding hydrogens is 318 g/mol. The fourth-order valence-corrected chi connectivity index (χ4v) is 3.96. The Hall–Kier alpha value is -1.99. The average molecular weight is 333 g/mol. The number of nitrogens with zero attached hydrogens (tertiary/aromatic N) is 2. The number of carbonyl (C=O) groups excluding carboxylic acids is 1. The molecule has 5 nitrogen and oxygen atoms in total. The van der Waals surface area contributed by atoms with Gasteiger partial charge in [0.2, 0.25) is 5.91 Å². The van der Waals surface area contributed by atoms with E-state index in [4.69, 9.17) is 0 Å². The Labute approximate surface area is 135 Å². The third kappa shape index (κ3) is 2.69. The van der Waals surface area contributed by atoms with Crippen LogP contribution in [-0.4, -0.2) is 15.3 Å². The maximum absolute atomic E-state index is 12.6. The number of hydrogen-bond donors (Lipinski definition) is 1. The summed E-state index contributed by atoms with van der Waals surface area (Å²) in [6, 6.07) is 3.80. The van der Waals surface area contributed by atoms with Crippen molar-refractivity contribution in [2.75, 3.05) is 5.32 Å². The van der Waals surface area contributed by atoms with E-state index < -0.39 is 0 Å². The molecule has 0 bridgehead atoms. The van der Waals surface area contributed by atoms with E-state index in [0.717, 1.165) is 17.0 Å². The Morgan fingerprint density at radius 3 is 2.91 bits per heavy atom. The van der Waals surface area contributed by atoms with Gasteiger partial charge in [-0.25, -0.2) is 4.98 Å². The highest BCUT2D eigenvalue weighted by molar-refractivity contribution is 7.15. The smallest absolute Gasteiger partial charge is 0.282 e. The van der Waals surface area contributed by atoms with Crippen LogP contribution in [0, 0.1) is 6.92 Å². The summed E-state index contributed by atoms with van der Waals surface area (Å²) in [7, 11) is 0. The monoisotopic (exact) mass is 333 g/mol. The van der Waals surface area contributed by atoms with Gasteiger partial charge in [0.05, 0.1) is 12.1 Å². The number of nitrogens with one attached hydrogen (secondary N) is 1. The van der Waals surface area contributed by atoms with Gasteiger partial charge in [-0.2, -0.15) is 0 Å². The molecule has 3 heterocycles. The predicted molar refractivity (Wildman–Crippen MR) is 90.1 cm³/mol. The van der Waals surface area contributed by atoms with Crippen molar-refractivity contribution in [1.82, 2.24) is 9.38 Å². The van der Waals surface area contributed by atoms with E-state index in [-0.39, 0.29) is 23.6 Å². The van der Waals surface area contributed by atoms with Crippen LogP contribution in [0.5, 0.6) is 0 Å². The minimum absolute atomic E-state index is 0.197. The van der Waals surface area contributed by atoms with Crippen molar-refractivity contribution < 1.29 is 4.79 Å². The van der Waals surface area contributed by atoms with E-state index in [1.54, 1.807) is 11.3 Å². The van der Waals surface area contributed by atoms with Gasteiger partial charge >= 0.3 is 0 Å². The zero-order valence-corrected chi connectivity index (χ0v) is 13.9. The molecule has 1 N–H and O–H groups in total. The van der Waals surface area contributed by atoms with Gasteiger partial charge in [0.25, 0.3) is 5.56 Å². The molecule has 3 rings (SSSR count). The van der Waals surface area contributed by atoms with E-state index >= 15 is 0 Å². The van der Waals surface area contributed by atoms with E-state index in [2.05, 4.69) is 10.3 Å². The van der Waals surface area contributed by atoms with Gasteiger partial charge in [0, 0.05) is 16.0 Å². The second-order valence-electron chi connectivity index (χ2n) is 4.88. The van der Waals surface area contributed by atoms with Crippen molar-refractivity contribution in [2.24, 2.45) is 0 Å². The maximum atomic E-state index is 12.6. The number of anilines is 1. The van der Waals surface area contributed by atoms with Gasteiger partial charge in [-0.05, 0) is 24.8 Å². The highest BCUT2D eigenvalue weighted by atomic mass is 32.1. The number of rotatable bonds is 4. The molecule has 0 aliphatic heterocycles. The summed E-state index contributed by atoms with van der Waals surface area (Å²) >= 11 is 2.96. The topological polar surface area (TPSA) is 63.5 Å². The summed E-state index contributed by atoms with van der Waals surface area (Å²) in [5, 5.41) is 6.58. The second-order valence-corrected chi connectivity index (χ2v) is 6.75. The van der Waals surface area contributed by atoms with E-state index in [1.807, 2.05) is 29.8 Å². The van der Waals surface area contributed by atoms with Crippen LogP contribution in [0.25, 0.3) is 4.96 Å². The molecule has 3 aromatic heterocycles. The lowest BCUT2D eigenvalue weighted by Crippen LogP contribution is -2.26. The Bertz CT molecular complexity index is 878. The summed E-state index contributed by atoms with van der Waals surface area (Å²) in [6.45, 7) is 3.73. The number of thiazole rings is 1. The van der Waals surface area contributed by atoms with E-state index in [9.17, 15) is 9.59 Å². The number of aromatic nitrogens is 2. The van der Waals surface area contributed by atoms with E-state index in [1.165, 1.54) is 22.7 Å². The van der Waals surface area contributed by atoms with Crippen LogP contribution < -0.4 is 10.9 Å². The fraction of sp³-hybridized carbons (Fsp3) is 0.267. The molecule has 0 radical (unpaired) electrons. The molecule has 1 amide bonds. The molecule has 0 atom stereocenters. The summed E-state index contributed by atoms with van der Waals surface area (Å²) in [5.74, 6) is -0.197. The summed E-state index contributed by atoms with van der Waals surface area (Å²) < 4.78 is 1.58. The third-order valence-corrected chi connectivity index (χ3v) is 5.11. The minimum atomic E-state index is -0.208. The van der Waals surface area contributed by atoms with Gasteiger partial charge in [-0.15, -0.1) is 22.7 Å². The first-order chi connectivity index (χ1) is 10.6. The van der Waals surface area contributed by atoms with Crippen LogP contribution >= 0.6 is 22.7 Å². The highest BCUT2D eigenvalue weighted by Gasteiger charge is 2.15. The molecule has 114 valence electrons. The average Bonchev–Trinajstić information content (AvgIpc) is 3.12. The Morgan fingerprint density at radius 1 is 1.41 bits per heavy atom. The number of hydrogen-bond acceptors (Lipinski definition) is 5. The molecule has 0 aromatic carbocycles. The first-order valence-electron chi connectivity index (χ1n) is 6.92. The molecule has 0 spiro atoms. The van der Waals surface area contributed by atoms with Gasteiger partial charge in [0.1, 0.15) is 5.69 Å². The Balaban J connectivity index is 1.96. The summed E-state index contributed by atoms with van der Waals surface area (Å²) in [4.78, 5) is 30.8. The van der Waals surface area contributed by atoms with Crippen LogP contribution in [0.2, 0.25) is 0 Å². The highest BCUT2D eigenvalue weighted by Crippen LogP contribution is 2.17. The van der Waals surface area contributed by atoms with Crippen molar-refractivity contribution in [3.05, 3.63) is 49.5 Å². The van der Waals surface area contributed by atoms with Crippen molar-refractivity contribution in [1.29, 1.82) is 0 Å². The number of carbonyl (C=O) groups is 1. The zero-order chi connectivity index (χ0) is 15.7. The van der Waals surface area contributed by atoms with Crippen molar-refractivity contribution in [2.45, 2.75) is 26.7 Å². The summed E-state index contributed by atoms with van der Waals surface area (Å²) in [5.41, 5.74) is 1.52. The molecule has 7 heteroatoms. The standard InChI is InChI=1S/C15H15N3O2S2/c1-3-10-8-22-15-16-9(2)13(14(20)18(10)15)17-12(19)7-11-5-4-6-21-11/h4-6,8H,3,7H2,1-2H3,(H,17,19). The first-order valence-corrected chi connectivity index (χ1v) is 8.68. The maximum Gasteiger partial charge on any atom is 0.282 e. The number of fused-ring (bicyclic) bond motifs is 1. The molecule has 0 fully saturated rings. The zero-order valence-electron chi connectivity index (χ0n) is 12.3. The van der Waals surface area contributed by atoms with Crippen molar-refractivity contribution >= 4 is 39.2 Å². The lowest BCUT2D eigenvalue weighted by molar-refractivity contribution is -0.115. The van der Waals surface area contributed by atoms with Crippen LogP contribution in [0.1, 0.15) is 23.2 Å².